The molecule has 0 aliphatic carbocycles. The van der Waals surface area contributed by atoms with E-state index in [9.17, 15) is 4.79 Å². The van der Waals surface area contributed by atoms with E-state index >= 15 is 0 Å². The highest BCUT2D eigenvalue weighted by atomic mass is 16.5. The summed E-state index contributed by atoms with van der Waals surface area (Å²) in [5.41, 5.74) is 0.580. The molecule has 0 amide bonds. The number of methoxy groups -OCH3 is 1. The van der Waals surface area contributed by atoms with E-state index in [1.54, 1.807) is 7.11 Å². The Kier molecular flexibility index (Phi) is 7.60. The molecule has 23 heavy (non-hydrogen) atoms. The molecule has 130 valence electrons. The molecule has 0 unspecified atom stereocenters. The molecule has 1 aromatic rings. The molecule has 0 saturated carbocycles. The van der Waals surface area contributed by atoms with Gasteiger partial charge in [0.2, 0.25) is 0 Å². The van der Waals surface area contributed by atoms with Crippen molar-refractivity contribution in [3.05, 3.63) is 29.8 Å². The van der Waals surface area contributed by atoms with E-state index in [0.717, 1.165) is 24.2 Å². The minimum Gasteiger partial charge on any atom is -0.496 e. The van der Waals surface area contributed by atoms with Crippen LogP contribution in [0.25, 0.3) is 0 Å². The lowest BCUT2D eigenvalue weighted by Crippen LogP contribution is -2.38. The monoisotopic (exact) mass is 320 g/mol. The van der Waals surface area contributed by atoms with Crippen LogP contribution in [-0.2, 0) is 16.0 Å². The Morgan fingerprint density at radius 1 is 1.09 bits per heavy atom. The minimum atomic E-state index is -0.493. The largest absolute Gasteiger partial charge is 0.496 e. The molecule has 0 spiro atoms. The van der Waals surface area contributed by atoms with Crippen molar-refractivity contribution < 1.29 is 14.3 Å². The van der Waals surface area contributed by atoms with Crippen molar-refractivity contribution in [2.45, 2.75) is 53.9 Å². The summed E-state index contributed by atoms with van der Waals surface area (Å²) in [6.45, 7) is 10.9. The number of para-hydroxylation sites is 1. The second-order valence-electron chi connectivity index (χ2n) is 7.19. The van der Waals surface area contributed by atoms with Crippen molar-refractivity contribution in [3.8, 4) is 5.75 Å². The summed E-state index contributed by atoms with van der Waals surface area (Å²) in [4.78, 5) is 12.9. The van der Waals surface area contributed by atoms with Gasteiger partial charge in [-0.2, -0.15) is 0 Å². The fourth-order valence-corrected chi connectivity index (χ4v) is 3.53. The maximum atomic E-state index is 12.9. The Bertz CT molecular complexity index is 481. The fraction of sp³-hybridized carbons (Fsp3) is 0.650. The van der Waals surface area contributed by atoms with Crippen molar-refractivity contribution in [1.29, 1.82) is 0 Å². The van der Waals surface area contributed by atoms with Gasteiger partial charge in [0.05, 0.1) is 19.1 Å². The Morgan fingerprint density at radius 3 is 2.13 bits per heavy atom. The highest BCUT2D eigenvalue weighted by Gasteiger charge is 2.41. The maximum absolute atomic E-state index is 12.9. The first-order chi connectivity index (χ1) is 10.8. The Morgan fingerprint density at radius 2 is 1.65 bits per heavy atom. The molecule has 3 heteroatoms. The molecule has 3 nitrogen and oxygen atoms in total. The van der Waals surface area contributed by atoms with Crippen LogP contribution in [0.2, 0.25) is 0 Å². The van der Waals surface area contributed by atoms with Crippen LogP contribution in [0, 0.1) is 17.3 Å². The molecule has 1 aromatic carbocycles. The Hall–Kier alpha value is -1.51. The van der Waals surface area contributed by atoms with Gasteiger partial charge in [-0.3, -0.25) is 4.79 Å². The highest BCUT2D eigenvalue weighted by Crippen LogP contribution is 2.40. The van der Waals surface area contributed by atoms with Gasteiger partial charge in [-0.1, -0.05) is 45.9 Å². The number of rotatable bonds is 9. The number of benzene rings is 1. The van der Waals surface area contributed by atoms with E-state index in [2.05, 4.69) is 27.7 Å². The van der Waals surface area contributed by atoms with Crippen LogP contribution < -0.4 is 4.74 Å². The number of hydrogen-bond donors (Lipinski definition) is 0. The molecule has 0 N–H and O–H groups in total. The molecule has 0 heterocycles. The van der Waals surface area contributed by atoms with Crippen molar-refractivity contribution >= 4 is 5.97 Å². The topological polar surface area (TPSA) is 35.5 Å². The summed E-state index contributed by atoms with van der Waals surface area (Å²) in [5, 5.41) is 0. The molecular weight excluding hydrogens is 288 g/mol. The standard InChI is InChI=1S/C20H32O3/c1-7-23-19(21)20(12-15(2)3,13-16(4)5)14-17-10-8-9-11-18(17)22-6/h8-11,15-16H,7,12-14H2,1-6H3. The van der Waals surface area contributed by atoms with E-state index < -0.39 is 5.41 Å². The lowest BCUT2D eigenvalue weighted by atomic mass is 9.70. The molecule has 0 fully saturated rings. The van der Waals surface area contributed by atoms with Gasteiger partial charge in [-0.05, 0) is 49.7 Å². The van der Waals surface area contributed by atoms with Crippen LogP contribution >= 0.6 is 0 Å². The summed E-state index contributed by atoms with van der Waals surface area (Å²) in [6, 6.07) is 7.96. The van der Waals surface area contributed by atoms with Gasteiger partial charge in [0, 0.05) is 0 Å². The number of ether oxygens (including phenoxy) is 2. The van der Waals surface area contributed by atoms with Crippen molar-refractivity contribution in [3.63, 3.8) is 0 Å². The first-order valence-electron chi connectivity index (χ1n) is 8.63. The summed E-state index contributed by atoms with van der Waals surface area (Å²) in [7, 11) is 1.68. The quantitative estimate of drug-likeness (QED) is 0.608. The lowest BCUT2D eigenvalue weighted by molar-refractivity contribution is -0.158. The van der Waals surface area contributed by atoms with Gasteiger partial charge < -0.3 is 9.47 Å². The van der Waals surface area contributed by atoms with Crippen LogP contribution in [-0.4, -0.2) is 19.7 Å². The van der Waals surface area contributed by atoms with Gasteiger partial charge in [0.15, 0.2) is 0 Å². The average molecular weight is 320 g/mol. The van der Waals surface area contributed by atoms with Crippen LogP contribution in [0.5, 0.6) is 5.75 Å². The van der Waals surface area contributed by atoms with Crippen LogP contribution in [0.4, 0.5) is 0 Å². The SMILES string of the molecule is CCOC(=O)C(Cc1ccccc1OC)(CC(C)C)CC(C)C. The Balaban J connectivity index is 3.25. The van der Waals surface area contributed by atoms with E-state index in [-0.39, 0.29) is 5.97 Å². The lowest BCUT2D eigenvalue weighted by Gasteiger charge is -2.35. The molecule has 0 aromatic heterocycles. The molecule has 0 atom stereocenters. The first-order valence-corrected chi connectivity index (χ1v) is 8.63. The predicted octanol–water partition coefficient (Wildman–Crippen LogP) is 4.88. The fourth-order valence-electron chi connectivity index (χ4n) is 3.53. The Labute approximate surface area is 141 Å². The van der Waals surface area contributed by atoms with Gasteiger partial charge in [-0.15, -0.1) is 0 Å². The van der Waals surface area contributed by atoms with E-state index in [1.165, 1.54) is 0 Å². The second kappa shape index (κ2) is 8.95. The predicted molar refractivity (Wildman–Crippen MR) is 94.7 cm³/mol. The molecule has 0 aliphatic rings. The molecule has 0 aliphatic heterocycles. The first kappa shape index (κ1) is 19.5. The molecular formula is C20H32O3. The normalized spacial score (nSPS) is 11.8. The number of carbonyl (C=O) groups excluding carboxylic acids is 1. The summed E-state index contributed by atoms with van der Waals surface area (Å²) >= 11 is 0. The van der Waals surface area contributed by atoms with Crippen LogP contribution in [0.1, 0.15) is 53.0 Å². The second-order valence-corrected chi connectivity index (χ2v) is 7.19. The van der Waals surface area contributed by atoms with Gasteiger partial charge in [0.1, 0.15) is 5.75 Å². The van der Waals surface area contributed by atoms with E-state index in [1.807, 2.05) is 31.2 Å². The molecule has 0 bridgehead atoms. The molecule has 0 saturated heterocycles. The third-order valence-electron chi connectivity index (χ3n) is 4.03. The van der Waals surface area contributed by atoms with E-state index in [0.29, 0.717) is 24.9 Å². The van der Waals surface area contributed by atoms with E-state index in [4.69, 9.17) is 9.47 Å². The number of hydrogen-bond acceptors (Lipinski definition) is 3. The van der Waals surface area contributed by atoms with Crippen molar-refractivity contribution in [2.24, 2.45) is 17.3 Å². The van der Waals surface area contributed by atoms with Crippen molar-refractivity contribution in [1.82, 2.24) is 0 Å². The van der Waals surface area contributed by atoms with Gasteiger partial charge >= 0.3 is 5.97 Å². The van der Waals surface area contributed by atoms with Crippen molar-refractivity contribution in [2.75, 3.05) is 13.7 Å². The smallest absolute Gasteiger partial charge is 0.312 e. The zero-order chi connectivity index (χ0) is 17.5. The van der Waals surface area contributed by atoms with Gasteiger partial charge in [-0.25, -0.2) is 0 Å². The van der Waals surface area contributed by atoms with Gasteiger partial charge in [0.25, 0.3) is 0 Å². The summed E-state index contributed by atoms with van der Waals surface area (Å²) in [5.74, 6) is 1.61. The molecule has 0 radical (unpaired) electrons. The maximum Gasteiger partial charge on any atom is 0.312 e. The summed E-state index contributed by atoms with van der Waals surface area (Å²) < 4.78 is 11.0. The summed E-state index contributed by atoms with van der Waals surface area (Å²) in [6.07, 6.45) is 2.30. The number of carbonyl (C=O) groups is 1. The third-order valence-corrected chi connectivity index (χ3v) is 4.03. The third kappa shape index (κ3) is 5.56. The average Bonchev–Trinajstić information content (AvgIpc) is 2.46. The number of esters is 1. The van der Waals surface area contributed by atoms with Crippen LogP contribution in [0.15, 0.2) is 24.3 Å². The van der Waals surface area contributed by atoms with Crippen LogP contribution in [0.3, 0.4) is 0 Å². The minimum absolute atomic E-state index is 0.0756. The highest BCUT2D eigenvalue weighted by molar-refractivity contribution is 5.77. The molecule has 1 rings (SSSR count). The zero-order valence-electron chi connectivity index (χ0n) is 15.5. The zero-order valence-corrected chi connectivity index (χ0v) is 15.5.